The highest BCUT2D eigenvalue weighted by molar-refractivity contribution is 7.13. The molecule has 0 bridgehead atoms. The first-order valence-corrected chi connectivity index (χ1v) is 13.6. The predicted molar refractivity (Wildman–Crippen MR) is 149 cm³/mol. The summed E-state index contributed by atoms with van der Waals surface area (Å²) in [5.41, 5.74) is 4.36. The molecule has 1 aliphatic rings. The molecule has 1 amide bonds. The van der Waals surface area contributed by atoms with Gasteiger partial charge in [-0.2, -0.15) is 5.10 Å². The summed E-state index contributed by atoms with van der Waals surface area (Å²) in [5, 5.41) is 6.73. The van der Waals surface area contributed by atoms with Crippen molar-refractivity contribution in [3.8, 4) is 16.3 Å². The Morgan fingerprint density at radius 3 is 2.00 bits per heavy atom. The van der Waals surface area contributed by atoms with Crippen molar-refractivity contribution in [2.75, 3.05) is 26.2 Å². The van der Waals surface area contributed by atoms with Gasteiger partial charge in [-0.3, -0.25) is 9.69 Å². The van der Waals surface area contributed by atoms with E-state index in [-0.39, 0.29) is 17.8 Å². The standard InChI is InChI=1S/C31H27FN4OS/c32-25-13-15-26(16-14-25)36-28(22-27(33-36)29-12-7-21-38-29)31(37)35-19-17-34(18-20-35)30(23-8-3-1-4-9-23)24-10-5-2-6-11-24/h1-16,21-22,30H,17-20H2. The fourth-order valence-corrected chi connectivity index (χ4v) is 5.77. The van der Waals surface area contributed by atoms with Crippen LogP contribution in [0.5, 0.6) is 0 Å². The normalized spacial score (nSPS) is 14.2. The van der Waals surface area contributed by atoms with E-state index in [0.717, 1.165) is 23.7 Å². The quantitative estimate of drug-likeness (QED) is 0.263. The summed E-state index contributed by atoms with van der Waals surface area (Å²) in [6.45, 7) is 2.72. The van der Waals surface area contributed by atoms with Gasteiger partial charge in [-0.1, -0.05) is 66.7 Å². The number of piperazine rings is 1. The van der Waals surface area contributed by atoms with E-state index in [4.69, 9.17) is 5.10 Å². The van der Waals surface area contributed by atoms with Crippen LogP contribution in [0.15, 0.2) is 109 Å². The van der Waals surface area contributed by atoms with Crippen molar-refractivity contribution in [2.24, 2.45) is 0 Å². The highest BCUT2D eigenvalue weighted by atomic mass is 32.1. The van der Waals surface area contributed by atoms with Gasteiger partial charge in [0.25, 0.3) is 5.91 Å². The number of halogens is 1. The second kappa shape index (κ2) is 10.7. The van der Waals surface area contributed by atoms with Gasteiger partial charge in [-0.25, -0.2) is 9.07 Å². The second-order valence-electron chi connectivity index (χ2n) is 9.33. The SMILES string of the molecule is O=C(c1cc(-c2cccs2)nn1-c1ccc(F)cc1)N1CCN(C(c2ccccc2)c2ccccc2)CC1. The topological polar surface area (TPSA) is 41.4 Å². The molecule has 190 valence electrons. The monoisotopic (exact) mass is 522 g/mol. The first kappa shape index (κ1) is 24.3. The zero-order chi connectivity index (χ0) is 25.9. The molecule has 3 aromatic carbocycles. The number of hydrogen-bond acceptors (Lipinski definition) is 4. The van der Waals surface area contributed by atoms with Gasteiger partial charge in [0.1, 0.15) is 17.2 Å². The van der Waals surface area contributed by atoms with Gasteiger partial charge in [0.15, 0.2) is 0 Å². The van der Waals surface area contributed by atoms with Gasteiger partial charge in [-0.15, -0.1) is 11.3 Å². The maximum atomic E-state index is 13.8. The van der Waals surface area contributed by atoms with Gasteiger partial charge in [0.05, 0.1) is 16.6 Å². The van der Waals surface area contributed by atoms with Crippen molar-refractivity contribution < 1.29 is 9.18 Å². The van der Waals surface area contributed by atoms with Gasteiger partial charge in [-0.05, 0) is 52.9 Å². The van der Waals surface area contributed by atoms with Crippen LogP contribution in [-0.4, -0.2) is 51.7 Å². The number of nitrogens with zero attached hydrogens (tertiary/aromatic N) is 4. The zero-order valence-corrected chi connectivity index (χ0v) is 21.6. The number of aromatic nitrogens is 2. The fraction of sp³-hybridized carbons (Fsp3) is 0.161. The molecule has 0 N–H and O–H groups in total. The van der Waals surface area contributed by atoms with Crippen LogP contribution in [-0.2, 0) is 0 Å². The Morgan fingerprint density at radius 1 is 0.789 bits per heavy atom. The molecule has 0 spiro atoms. The number of hydrogen-bond donors (Lipinski definition) is 0. The number of benzene rings is 3. The van der Waals surface area contributed by atoms with Crippen LogP contribution in [0.4, 0.5) is 4.39 Å². The number of amides is 1. The summed E-state index contributed by atoms with van der Waals surface area (Å²) in [7, 11) is 0. The lowest BCUT2D eigenvalue weighted by molar-refractivity contribution is 0.0589. The van der Waals surface area contributed by atoms with E-state index in [1.54, 1.807) is 28.2 Å². The summed E-state index contributed by atoms with van der Waals surface area (Å²) >= 11 is 1.57. The molecule has 0 unspecified atom stereocenters. The summed E-state index contributed by atoms with van der Waals surface area (Å²) in [4.78, 5) is 19.2. The first-order valence-electron chi connectivity index (χ1n) is 12.7. The van der Waals surface area contributed by atoms with Crippen LogP contribution in [0.1, 0.15) is 27.7 Å². The highest BCUT2D eigenvalue weighted by Crippen LogP contribution is 2.31. The van der Waals surface area contributed by atoms with Crippen LogP contribution >= 0.6 is 11.3 Å². The Labute approximate surface area is 225 Å². The molecule has 7 heteroatoms. The van der Waals surface area contributed by atoms with Crippen LogP contribution in [0.3, 0.4) is 0 Å². The maximum Gasteiger partial charge on any atom is 0.272 e. The van der Waals surface area contributed by atoms with Crippen molar-refractivity contribution in [3.05, 3.63) is 131 Å². The zero-order valence-electron chi connectivity index (χ0n) is 20.8. The lowest BCUT2D eigenvalue weighted by atomic mass is 9.96. The average Bonchev–Trinajstić information content (AvgIpc) is 3.66. The maximum absolute atomic E-state index is 13.8. The molecule has 0 aliphatic carbocycles. The van der Waals surface area contributed by atoms with E-state index >= 15 is 0 Å². The smallest absolute Gasteiger partial charge is 0.272 e. The Hall–Kier alpha value is -4.07. The Balaban J connectivity index is 1.26. The molecule has 2 aromatic heterocycles. The van der Waals surface area contributed by atoms with E-state index in [2.05, 4.69) is 53.4 Å². The molecule has 5 aromatic rings. The minimum atomic E-state index is -0.324. The largest absolute Gasteiger partial charge is 0.335 e. The second-order valence-corrected chi connectivity index (χ2v) is 10.3. The predicted octanol–water partition coefficient (Wildman–Crippen LogP) is 6.29. The van der Waals surface area contributed by atoms with Crippen LogP contribution in [0.25, 0.3) is 16.3 Å². The Morgan fingerprint density at radius 2 is 1.42 bits per heavy atom. The average molecular weight is 523 g/mol. The molecule has 5 nitrogen and oxygen atoms in total. The highest BCUT2D eigenvalue weighted by Gasteiger charge is 2.30. The summed E-state index contributed by atoms with van der Waals surface area (Å²) in [5.74, 6) is -0.393. The summed E-state index contributed by atoms with van der Waals surface area (Å²) in [6, 6.07) is 33.1. The Kier molecular flexibility index (Phi) is 6.86. The van der Waals surface area contributed by atoms with Crippen LogP contribution in [0.2, 0.25) is 0 Å². The number of rotatable bonds is 6. The summed E-state index contributed by atoms with van der Waals surface area (Å²) in [6.07, 6.45) is 0. The van der Waals surface area contributed by atoms with Crippen molar-refractivity contribution in [3.63, 3.8) is 0 Å². The van der Waals surface area contributed by atoms with Gasteiger partial charge >= 0.3 is 0 Å². The van der Waals surface area contributed by atoms with E-state index in [1.165, 1.54) is 23.3 Å². The van der Waals surface area contributed by atoms with Gasteiger partial charge in [0, 0.05) is 26.2 Å². The molecule has 1 aliphatic heterocycles. The number of thiophene rings is 1. The fourth-order valence-electron chi connectivity index (χ4n) is 5.09. The molecule has 3 heterocycles. The minimum absolute atomic E-state index is 0.0692. The van der Waals surface area contributed by atoms with E-state index < -0.39 is 0 Å². The van der Waals surface area contributed by atoms with Crippen molar-refractivity contribution in [1.82, 2.24) is 19.6 Å². The third-order valence-corrected chi connectivity index (χ3v) is 7.86. The molecule has 38 heavy (non-hydrogen) atoms. The van der Waals surface area contributed by atoms with Crippen LogP contribution < -0.4 is 0 Å². The molecule has 6 rings (SSSR count). The molecular weight excluding hydrogens is 495 g/mol. The van der Waals surface area contributed by atoms with Gasteiger partial charge in [0.2, 0.25) is 0 Å². The van der Waals surface area contributed by atoms with E-state index in [9.17, 15) is 9.18 Å². The van der Waals surface area contributed by atoms with E-state index in [1.807, 2.05) is 40.6 Å². The molecule has 1 fully saturated rings. The van der Waals surface area contributed by atoms with Crippen molar-refractivity contribution in [1.29, 1.82) is 0 Å². The molecule has 0 atom stereocenters. The number of carbonyl (C=O) groups is 1. The first-order chi connectivity index (χ1) is 18.7. The van der Waals surface area contributed by atoms with E-state index in [0.29, 0.717) is 24.5 Å². The minimum Gasteiger partial charge on any atom is -0.335 e. The number of carbonyl (C=O) groups excluding carboxylic acids is 1. The lowest BCUT2D eigenvalue weighted by Crippen LogP contribution is -2.50. The molecule has 1 saturated heterocycles. The third kappa shape index (κ3) is 4.90. The summed E-state index contributed by atoms with van der Waals surface area (Å²) < 4.78 is 15.3. The van der Waals surface area contributed by atoms with Crippen molar-refractivity contribution >= 4 is 17.2 Å². The van der Waals surface area contributed by atoms with Gasteiger partial charge < -0.3 is 4.90 Å². The Bertz CT molecular complexity index is 1450. The third-order valence-electron chi connectivity index (χ3n) is 6.97. The van der Waals surface area contributed by atoms with Crippen molar-refractivity contribution in [2.45, 2.75) is 6.04 Å². The lowest BCUT2D eigenvalue weighted by Gasteiger charge is -2.39. The molecule has 0 saturated carbocycles. The molecule has 0 radical (unpaired) electrons. The molecular formula is C31H27FN4OS. The van der Waals surface area contributed by atoms with Crippen LogP contribution in [0, 0.1) is 5.82 Å².